The molecule has 1 amide bonds. The molecule has 0 saturated heterocycles. The highest BCUT2D eigenvalue weighted by Gasteiger charge is 2.21. The lowest BCUT2D eigenvalue weighted by Crippen LogP contribution is -2.31. The molecule has 2 rings (SSSR count). The lowest BCUT2D eigenvalue weighted by atomic mass is 10.0. The van der Waals surface area contributed by atoms with E-state index >= 15 is 0 Å². The maximum atomic E-state index is 12.4. The molecular weight excluding hydrogens is 344 g/mol. The van der Waals surface area contributed by atoms with Crippen LogP contribution in [-0.2, 0) is 20.7 Å². The summed E-state index contributed by atoms with van der Waals surface area (Å²) in [5.74, 6) is 0.104. The van der Waals surface area contributed by atoms with E-state index in [0.29, 0.717) is 22.8 Å². The van der Waals surface area contributed by atoms with Gasteiger partial charge < -0.3 is 14.6 Å². The largest absolute Gasteiger partial charge is 0.469 e. The maximum absolute atomic E-state index is 12.4. The number of hydrogen-bond acceptors (Lipinski definition) is 5. The highest BCUT2D eigenvalue weighted by Crippen LogP contribution is 2.25. The van der Waals surface area contributed by atoms with Crippen molar-refractivity contribution in [2.24, 2.45) is 0 Å². The SMILES string of the molecule is COC(=O)CC(NC(=O)CCc1c(C)noc1C)c1ccccc1Cl. The Morgan fingerprint density at radius 3 is 2.64 bits per heavy atom. The summed E-state index contributed by atoms with van der Waals surface area (Å²) in [5.41, 5.74) is 2.39. The van der Waals surface area contributed by atoms with Gasteiger partial charge in [-0.2, -0.15) is 0 Å². The number of aryl methyl sites for hydroxylation is 2. The predicted molar refractivity (Wildman–Crippen MR) is 93.3 cm³/mol. The van der Waals surface area contributed by atoms with Gasteiger partial charge in [0.2, 0.25) is 5.91 Å². The van der Waals surface area contributed by atoms with Crippen LogP contribution in [0.25, 0.3) is 0 Å². The van der Waals surface area contributed by atoms with Crippen molar-refractivity contribution >= 4 is 23.5 Å². The summed E-state index contributed by atoms with van der Waals surface area (Å²) in [6.07, 6.45) is 0.781. The third kappa shape index (κ3) is 5.06. The van der Waals surface area contributed by atoms with Crippen LogP contribution in [0.5, 0.6) is 0 Å². The number of carbonyl (C=O) groups excluding carboxylic acids is 2. The first-order chi connectivity index (χ1) is 11.9. The Labute approximate surface area is 151 Å². The molecule has 0 fully saturated rings. The molecule has 1 unspecified atom stereocenters. The fourth-order valence-corrected chi connectivity index (χ4v) is 2.88. The Hall–Kier alpha value is -2.34. The number of carbonyl (C=O) groups is 2. The van der Waals surface area contributed by atoms with E-state index in [4.69, 9.17) is 20.9 Å². The Balaban J connectivity index is 2.06. The van der Waals surface area contributed by atoms with Gasteiger partial charge in [-0.3, -0.25) is 9.59 Å². The van der Waals surface area contributed by atoms with Gasteiger partial charge in [-0.1, -0.05) is 35.0 Å². The molecule has 1 heterocycles. The summed E-state index contributed by atoms with van der Waals surface area (Å²) in [5, 5.41) is 7.23. The molecular formula is C18H21ClN2O4. The van der Waals surface area contributed by atoms with Gasteiger partial charge in [0.15, 0.2) is 0 Å². The monoisotopic (exact) mass is 364 g/mol. The highest BCUT2D eigenvalue weighted by molar-refractivity contribution is 6.31. The van der Waals surface area contributed by atoms with E-state index in [0.717, 1.165) is 11.3 Å². The molecule has 2 aromatic rings. The van der Waals surface area contributed by atoms with Crippen LogP contribution >= 0.6 is 11.6 Å². The van der Waals surface area contributed by atoms with Crippen LogP contribution in [0.3, 0.4) is 0 Å². The van der Waals surface area contributed by atoms with E-state index in [9.17, 15) is 9.59 Å². The van der Waals surface area contributed by atoms with Crippen molar-refractivity contribution in [3.8, 4) is 0 Å². The maximum Gasteiger partial charge on any atom is 0.307 e. The lowest BCUT2D eigenvalue weighted by molar-refractivity contribution is -0.141. The number of halogens is 1. The van der Waals surface area contributed by atoms with E-state index in [1.807, 2.05) is 19.9 Å². The Morgan fingerprint density at radius 1 is 1.32 bits per heavy atom. The zero-order valence-corrected chi connectivity index (χ0v) is 15.2. The lowest BCUT2D eigenvalue weighted by Gasteiger charge is -2.19. The summed E-state index contributed by atoms with van der Waals surface area (Å²) < 4.78 is 9.82. The Morgan fingerprint density at radius 2 is 2.04 bits per heavy atom. The zero-order chi connectivity index (χ0) is 18.4. The molecule has 7 heteroatoms. The molecule has 0 radical (unpaired) electrons. The van der Waals surface area contributed by atoms with E-state index in [1.54, 1.807) is 18.2 Å². The van der Waals surface area contributed by atoms with Crippen LogP contribution < -0.4 is 5.32 Å². The Bertz CT molecular complexity index is 738. The zero-order valence-electron chi connectivity index (χ0n) is 14.5. The second-order valence-corrected chi connectivity index (χ2v) is 6.13. The number of methoxy groups -OCH3 is 1. The second-order valence-electron chi connectivity index (χ2n) is 5.72. The van der Waals surface area contributed by atoms with Crippen molar-refractivity contribution in [2.75, 3.05) is 7.11 Å². The first-order valence-corrected chi connectivity index (χ1v) is 8.32. The average molecular weight is 365 g/mol. The van der Waals surface area contributed by atoms with Crippen LogP contribution in [0.4, 0.5) is 0 Å². The molecule has 0 aliphatic heterocycles. The molecule has 1 N–H and O–H groups in total. The third-order valence-corrected chi connectivity index (χ3v) is 4.34. The van der Waals surface area contributed by atoms with Crippen LogP contribution in [0.15, 0.2) is 28.8 Å². The standard InChI is InChI=1S/C18H21ClN2O4/c1-11-13(12(2)25-21-11)8-9-17(22)20-16(10-18(23)24-3)14-6-4-5-7-15(14)19/h4-7,16H,8-10H2,1-3H3,(H,20,22). The molecule has 6 nitrogen and oxygen atoms in total. The van der Waals surface area contributed by atoms with Crippen molar-refractivity contribution in [2.45, 2.75) is 39.2 Å². The van der Waals surface area contributed by atoms with E-state index in [2.05, 4.69) is 10.5 Å². The summed E-state index contributed by atoms with van der Waals surface area (Å²) in [7, 11) is 1.31. The van der Waals surface area contributed by atoms with Crippen molar-refractivity contribution < 1.29 is 18.8 Å². The van der Waals surface area contributed by atoms with E-state index in [1.165, 1.54) is 7.11 Å². The van der Waals surface area contributed by atoms with Gasteiger partial charge in [0, 0.05) is 17.0 Å². The van der Waals surface area contributed by atoms with Gasteiger partial charge in [-0.05, 0) is 31.9 Å². The normalized spacial score (nSPS) is 11.8. The average Bonchev–Trinajstić information content (AvgIpc) is 2.91. The predicted octanol–water partition coefficient (Wildman–Crippen LogP) is 3.30. The van der Waals surface area contributed by atoms with Crippen molar-refractivity contribution in [1.29, 1.82) is 0 Å². The number of aromatic nitrogens is 1. The summed E-state index contributed by atoms with van der Waals surface area (Å²) in [6.45, 7) is 3.66. The summed E-state index contributed by atoms with van der Waals surface area (Å²) >= 11 is 6.20. The summed E-state index contributed by atoms with van der Waals surface area (Å²) in [6, 6.07) is 6.56. The Kier molecular flexibility index (Phi) is 6.58. The molecule has 1 aromatic carbocycles. The molecule has 0 saturated carbocycles. The number of hydrogen-bond donors (Lipinski definition) is 1. The van der Waals surface area contributed by atoms with Crippen molar-refractivity contribution in [3.05, 3.63) is 51.9 Å². The van der Waals surface area contributed by atoms with Gasteiger partial charge in [-0.25, -0.2) is 0 Å². The fourth-order valence-electron chi connectivity index (χ4n) is 2.61. The number of esters is 1. The van der Waals surface area contributed by atoms with Crippen molar-refractivity contribution in [3.63, 3.8) is 0 Å². The van der Waals surface area contributed by atoms with Crippen LogP contribution in [0.1, 0.15) is 41.5 Å². The van der Waals surface area contributed by atoms with E-state index in [-0.39, 0.29) is 18.7 Å². The molecule has 1 aromatic heterocycles. The molecule has 0 bridgehead atoms. The third-order valence-electron chi connectivity index (χ3n) is 4.00. The van der Waals surface area contributed by atoms with Gasteiger partial charge in [-0.15, -0.1) is 0 Å². The van der Waals surface area contributed by atoms with Crippen LogP contribution in [0.2, 0.25) is 5.02 Å². The molecule has 0 aliphatic carbocycles. The van der Waals surface area contributed by atoms with Gasteiger partial charge in [0.05, 0.1) is 25.3 Å². The van der Waals surface area contributed by atoms with Crippen LogP contribution in [0, 0.1) is 13.8 Å². The fraction of sp³-hybridized carbons (Fsp3) is 0.389. The molecule has 0 spiro atoms. The minimum Gasteiger partial charge on any atom is -0.469 e. The molecule has 1 atom stereocenters. The summed E-state index contributed by atoms with van der Waals surface area (Å²) in [4.78, 5) is 24.1. The first kappa shape index (κ1) is 19.0. The van der Waals surface area contributed by atoms with E-state index < -0.39 is 12.0 Å². The van der Waals surface area contributed by atoms with Gasteiger partial charge in [0.25, 0.3) is 0 Å². The quantitative estimate of drug-likeness (QED) is 0.762. The first-order valence-electron chi connectivity index (χ1n) is 7.94. The highest BCUT2D eigenvalue weighted by atomic mass is 35.5. The molecule has 134 valence electrons. The number of benzene rings is 1. The smallest absolute Gasteiger partial charge is 0.307 e. The number of rotatable bonds is 7. The van der Waals surface area contributed by atoms with Gasteiger partial charge in [0.1, 0.15) is 5.76 Å². The van der Waals surface area contributed by atoms with Crippen LogP contribution in [-0.4, -0.2) is 24.1 Å². The number of nitrogens with one attached hydrogen (secondary N) is 1. The van der Waals surface area contributed by atoms with Crippen molar-refractivity contribution in [1.82, 2.24) is 10.5 Å². The van der Waals surface area contributed by atoms with Gasteiger partial charge >= 0.3 is 5.97 Å². The molecule has 25 heavy (non-hydrogen) atoms. The number of nitrogens with zero attached hydrogens (tertiary/aromatic N) is 1. The molecule has 0 aliphatic rings. The minimum atomic E-state index is -0.543. The topological polar surface area (TPSA) is 81.4 Å². The second kappa shape index (κ2) is 8.67. The number of ether oxygens (including phenoxy) is 1. The minimum absolute atomic E-state index is 0.0112. The number of amides is 1.